The molecular weight excluding hydrogens is 412 g/mol. The number of halogens is 1. The molecule has 29 heavy (non-hydrogen) atoms. The molecule has 2 aromatic carbocycles. The minimum absolute atomic E-state index is 0.127. The molecule has 0 fully saturated rings. The fourth-order valence-corrected chi connectivity index (χ4v) is 4.11. The number of thiazole rings is 1. The molecule has 3 aromatic rings. The van der Waals surface area contributed by atoms with Crippen LogP contribution in [0.15, 0.2) is 41.8 Å². The lowest BCUT2D eigenvalue weighted by atomic mass is 9.96. The van der Waals surface area contributed by atoms with E-state index in [0.29, 0.717) is 34.7 Å². The van der Waals surface area contributed by atoms with Gasteiger partial charge in [-0.05, 0) is 42.3 Å². The molecule has 1 aliphatic heterocycles. The Morgan fingerprint density at radius 1 is 1.24 bits per heavy atom. The van der Waals surface area contributed by atoms with Crippen LogP contribution in [0.5, 0.6) is 17.2 Å². The first-order valence-electron chi connectivity index (χ1n) is 8.97. The number of rotatable bonds is 5. The van der Waals surface area contributed by atoms with Gasteiger partial charge >= 0.3 is 0 Å². The van der Waals surface area contributed by atoms with E-state index in [-0.39, 0.29) is 11.8 Å². The van der Waals surface area contributed by atoms with Crippen molar-refractivity contribution in [2.24, 2.45) is 5.92 Å². The topological polar surface area (TPSA) is 69.7 Å². The Kier molecular flexibility index (Phi) is 5.60. The number of ether oxygens (including phenoxy) is 3. The van der Waals surface area contributed by atoms with E-state index in [2.05, 4.69) is 10.3 Å². The van der Waals surface area contributed by atoms with Crippen molar-refractivity contribution >= 4 is 34.0 Å². The molecule has 1 aliphatic rings. The maximum atomic E-state index is 12.7. The molecule has 1 atom stereocenters. The predicted molar refractivity (Wildman–Crippen MR) is 113 cm³/mol. The Morgan fingerprint density at radius 3 is 2.90 bits per heavy atom. The molecular formula is C21H19ClN2O4S. The van der Waals surface area contributed by atoms with Gasteiger partial charge in [0.25, 0.3) is 0 Å². The van der Waals surface area contributed by atoms with Crippen molar-refractivity contribution in [2.75, 3.05) is 26.1 Å². The number of methoxy groups -OCH3 is 2. The summed E-state index contributed by atoms with van der Waals surface area (Å²) in [6.45, 7) is 0.324. The predicted octanol–water partition coefficient (Wildman–Crippen LogP) is 4.67. The second kappa shape index (κ2) is 8.31. The van der Waals surface area contributed by atoms with Gasteiger partial charge in [0.15, 0.2) is 5.13 Å². The molecule has 1 amide bonds. The van der Waals surface area contributed by atoms with Gasteiger partial charge in [-0.1, -0.05) is 11.6 Å². The standard InChI is InChI=1S/C21H19ClN2O4S/c1-26-15-4-5-16(19(9-15)27-2)17-11-29-21(23-17)24-20(25)13-7-12-8-14(22)3-6-18(12)28-10-13/h3-6,8-9,11,13H,7,10H2,1-2H3,(H,23,24,25). The highest BCUT2D eigenvalue weighted by Gasteiger charge is 2.27. The van der Waals surface area contributed by atoms with Gasteiger partial charge in [0.2, 0.25) is 5.91 Å². The van der Waals surface area contributed by atoms with Gasteiger partial charge in [-0.3, -0.25) is 4.79 Å². The van der Waals surface area contributed by atoms with E-state index in [1.165, 1.54) is 11.3 Å². The number of anilines is 1. The summed E-state index contributed by atoms with van der Waals surface area (Å²) in [6.07, 6.45) is 0.576. The first-order valence-corrected chi connectivity index (χ1v) is 10.2. The van der Waals surface area contributed by atoms with Crippen LogP contribution in [0.1, 0.15) is 5.56 Å². The molecule has 2 heterocycles. The van der Waals surface area contributed by atoms with E-state index in [9.17, 15) is 4.79 Å². The Morgan fingerprint density at radius 2 is 2.10 bits per heavy atom. The maximum absolute atomic E-state index is 12.7. The lowest BCUT2D eigenvalue weighted by Crippen LogP contribution is -2.32. The van der Waals surface area contributed by atoms with Crippen LogP contribution in [0.3, 0.4) is 0 Å². The minimum atomic E-state index is -0.302. The summed E-state index contributed by atoms with van der Waals surface area (Å²) in [4.78, 5) is 17.3. The number of hydrogen-bond donors (Lipinski definition) is 1. The Bertz CT molecular complexity index is 1050. The van der Waals surface area contributed by atoms with Crippen molar-refractivity contribution in [3.05, 3.63) is 52.4 Å². The number of carbonyl (C=O) groups is 1. The Balaban J connectivity index is 1.48. The molecule has 6 nitrogen and oxygen atoms in total. The third-order valence-electron chi connectivity index (χ3n) is 4.72. The smallest absolute Gasteiger partial charge is 0.233 e. The molecule has 0 bridgehead atoms. The van der Waals surface area contributed by atoms with Crippen LogP contribution in [0.2, 0.25) is 5.02 Å². The van der Waals surface area contributed by atoms with Gasteiger partial charge in [-0.15, -0.1) is 11.3 Å². The van der Waals surface area contributed by atoms with Crippen molar-refractivity contribution < 1.29 is 19.0 Å². The highest BCUT2D eigenvalue weighted by Crippen LogP contribution is 2.35. The summed E-state index contributed by atoms with van der Waals surface area (Å²) in [5, 5.41) is 5.94. The molecule has 150 valence electrons. The van der Waals surface area contributed by atoms with Crippen LogP contribution >= 0.6 is 22.9 Å². The van der Waals surface area contributed by atoms with E-state index in [1.54, 1.807) is 26.4 Å². The van der Waals surface area contributed by atoms with Crippen LogP contribution < -0.4 is 19.5 Å². The zero-order valence-electron chi connectivity index (χ0n) is 15.9. The Labute approximate surface area is 177 Å². The fraction of sp³-hybridized carbons (Fsp3) is 0.238. The minimum Gasteiger partial charge on any atom is -0.497 e. The van der Waals surface area contributed by atoms with Crippen molar-refractivity contribution in [2.45, 2.75) is 6.42 Å². The molecule has 0 saturated heterocycles. The summed E-state index contributed by atoms with van der Waals surface area (Å²) < 4.78 is 16.4. The number of nitrogens with zero attached hydrogens (tertiary/aromatic N) is 1. The molecule has 0 radical (unpaired) electrons. The third kappa shape index (κ3) is 4.16. The number of amides is 1. The molecule has 1 N–H and O–H groups in total. The summed E-state index contributed by atoms with van der Waals surface area (Å²) in [7, 11) is 3.20. The SMILES string of the molecule is COc1ccc(-c2csc(NC(=O)C3COc4ccc(Cl)cc4C3)n2)c(OC)c1. The molecule has 1 aromatic heterocycles. The highest BCUT2D eigenvalue weighted by atomic mass is 35.5. The third-order valence-corrected chi connectivity index (χ3v) is 5.71. The van der Waals surface area contributed by atoms with Crippen molar-refractivity contribution in [3.63, 3.8) is 0 Å². The molecule has 4 rings (SSSR count). The number of aromatic nitrogens is 1. The van der Waals surface area contributed by atoms with Gasteiger partial charge < -0.3 is 19.5 Å². The van der Waals surface area contributed by atoms with Gasteiger partial charge in [-0.2, -0.15) is 0 Å². The zero-order chi connectivity index (χ0) is 20.4. The number of fused-ring (bicyclic) bond motifs is 1. The molecule has 8 heteroatoms. The number of carbonyl (C=O) groups excluding carboxylic acids is 1. The fourth-order valence-electron chi connectivity index (χ4n) is 3.20. The largest absolute Gasteiger partial charge is 0.497 e. The van der Waals surface area contributed by atoms with E-state index >= 15 is 0 Å². The van der Waals surface area contributed by atoms with E-state index in [1.807, 2.05) is 29.6 Å². The normalized spacial score (nSPS) is 15.2. The maximum Gasteiger partial charge on any atom is 0.233 e. The summed E-state index contributed by atoms with van der Waals surface area (Å²) in [5.41, 5.74) is 2.49. The summed E-state index contributed by atoms with van der Waals surface area (Å²) >= 11 is 7.42. The monoisotopic (exact) mass is 430 g/mol. The van der Waals surface area contributed by atoms with Crippen molar-refractivity contribution in [3.8, 4) is 28.5 Å². The van der Waals surface area contributed by atoms with E-state index < -0.39 is 0 Å². The molecule has 0 spiro atoms. The van der Waals surface area contributed by atoms with Crippen LogP contribution in [0.4, 0.5) is 5.13 Å². The molecule has 1 unspecified atom stereocenters. The van der Waals surface area contributed by atoms with Crippen LogP contribution in [-0.4, -0.2) is 31.7 Å². The number of benzene rings is 2. The second-order valence-corrected chi connectivity index (χ2v) is 7.85. The van der Waals surface area contributed by atoms with Gasteiger partial charge in [-0.25, -0.2) is 4.98 Å². The molecule has 0 aliphatic carbocycles. The number of hydrogen-bond acceptors (Lipinski definition) is 6. The van der Waals surface area contributed by atoms with Crippen molar-refractivity contribution in [1.82, 2.24) is 4.98 Å². The van der Waals surface area contributed by atoms with Crippen LogP contribution in [0.25, 0.3) is 11.3 Å². The van der Waals surface area contributed by atoms with Gasteiger partial charge in [0.1, 0.15) is 23.9 Å². The van der Waals surface area contributed by atoms with Crippen molar-refractivity contribution in [1.29, 1.82) is 0 Å². The van der Waals surface area contributed by atoms with Crippen LogP contribution in [-0.2, 0) is 11.2 Å². The lowest BCUT2D eigenvalue weighted by Gasteiger charge is -2.24. The summed E-state index contributed by atoms with van der Waals surface area (Å²) in [6, 6.07) is 11.0. The van der Waals surface area contributed by atoms with E-state index in [4.69, 9.17) is 25.8 Å². The van der Waals surface area contributed by atoms with Gasteiger partial charge in [0.05, 0.1) is 25.8 Å². The lowest BCUT2D eigenvalue weighted by molar-refractivity contribution is -0.121. The molecule has 0 saturated carbocycles. The quantitative estimate of drug-likeness (QED) is 0.637. The highest BCUT2D eigenvalue weighted by molar-refractivity contribution is 7.14. The summed E-state index contributed by atoms with van der Waals surface area (Å²) in [5.74, 6) is 1.71. The van der Waals surface area contributed by atoms with Crippen LogP contribution in [0, 0.1) is 5.92 Å². The zero-order valence-corrected chi connectivity index (χ0v) is 17.5. The number of nitrogens with one attached hydrogen (secondary N) is 1. The first kappa shape index (κ1) is 19.5. The van der Waals surface area contributed by atoms with E-state index in [0.717, 1.165) is 22.6 Å². The first-order chi connectivity index (χ1) is 14.1. The van der Waals surface area contributed by atoms with Gasteiger partial charge in [0, 0.05) is 22.0 Å². The Hall–Kier alpha value is -2.77. The average Bonchev–Trinajstić information content (AvgIpc) is 3.20. The second-order valence-electron chi connectivity index (χ2n) is 6.56. The average molecular weight is 431 g/mol.